The number of amides is 2. The number of nitrogens with zero attached hydrogens (tertiary/aromatic N) is 5. The maximum Gasteiger partial charge on any atom is 0.417 e. The number of alkyl halides is 3. The van der Waals surface area contributed by atoms with Crippen LogP contribution in [0.5, 0.6) is 0 Å². The third-order valence-electron chi connectivity index (χ3n) is 5.91. The molecule has 9 nitrogen and oxygen atoms in total. The van der Waals surface area contributed by atoms with Gasteiger partial charge in [0.05, 0.1) is 47.0 Å². The number of nitrogens with one attached hydrogen (secondary N) is 2. The average molecular weight is 495 g/mol. The summed E-state index contributed by atoms with van der Waals surface area (Å²) >= 11 is 0. The van der Waals surface area contributed by atoms with Crippen LogP contribution < -0.4 is 10.6 Å². The molecule has 0 saturated carbocycles. The number of carbonyl (C=O) groups is 2. The van der Waals surface area contributed by atoms with E-state index in [2.05, 4.69) is 25.7 Å². The van der Waals surface area contributed by atoms with E-state index < -0.39 is 17.6 Å². The third-order valence-corrected chi connectivity index (χ3v) is 5.91. The number of aromatic nitrogens is 4. The number of carbonyl (C=O) groups excluding carboxylic acids is 2. The molecule has 12 heteroatoms. The number of aryl methyl sites for hydroxylation is 1. The van der Waals surface area contributed by atoms with Crippen LogP contribution in [0.3, 0.4) is 0 Å². The van der Waals surface area contributed by atoms with Crippen LogP contribution in [0.2, 0.25) is 0 Å². The van der Waals surface area contributed by atoms with Crippen molar-refractivity contribution in [2.75, 3.05) is 23.7 Å². The van der Waals surface area contributed by atoms with E-state index >= 15 is 0 Å². The first-order chi connectivity index (χ1) is 17.2. The molecular weight excluding hydrogens is 475 g/mol. The van der Waals surface area contributed by atoms with Gasteiger partial charge in [-0.25, -0.2) is 4.52 Å². The molecule has 1 aromatic carbocycles. The molecule has 0 unspecified atom stereocenters. The molecule has 184 valence electrons. The molecule has 4 heterocycles. The lowest BCUT2D eigenvalue weighted by atomic mass is 10.0. The van der Waals surface area contributed by atoms with Crippen molar-refractivity contribution < 1.29 is 22.8 Å². The first-order valence-electron chi connectivity index (χ1n) is 11.0. The maximum absolute atomic E-state index is 12.9. The lowest BCUT2D eigenvalue weighted by molar-refractivity contribution is -0.137. The number of anilines is 2. The van der Waals surface area contributed by atoms with Gasteiger partial charge < -0.3 is 15.5 Å². The highest BCUT2D eigenvalue weighted by Gasteiger charge is 2.33. The minimum atomic E-state index is -4.56. The van der Waals surface area contributed by atoms with Crippen LogP contribution >= 0.6 is 0 Å². The van der Waals surface area contributed by atoms with Gasteiger partial charge in [0.25, 0.3) is 11.8 Å². The number of fused-ring (bicyclic) bond motifs is 1. The molecule has 1 saturated heterocycles. The summed E-state index contributed by atoms with van der Waals surface area (Å²) in [6.45, 7) is 2.79. The van der Waals surface area contributed by atoms with E-state index in [-0.39, 0.29) is 23.2 Å². The van der Waals surface area contributed by atoms with Crippen molar-refractivity contribution in [3.05, 3.63) is 83.7 Å². The van der Waals surface area contributed by atoms with E-state index in [4.69, 9.17) is 0 Å². The predicted octanol–water partition coefficient (Wildman–Crippen LogP) is 3.64. The van der Waals surface area contributed by atoms with Crippen LogP contribution in [0.4, 0.5) is 24.5 Å². The fourth-order valence-electron chi connectivity index (χ4n) is 3.91. The Bertz CT molecular complexity index is 1460. The van der Waals surface area contributed by atoms with E-state index in [1.165, 1.54) is 6.20 Å². The number of pyridine rings is 1. The molecule has 0 atom stereocenters. The number of halogens is 3. The van der Waals surface area contributed by atoms with E-state index in [1.807, 2.05) is 6.92 Å². The normalized spacial score (nSPS) is 13.9. The fourth-order valence-corrected chi connectivity index (χ4v) is 3.91. The topological polar surface area (TPSA) is 105 Å². The van der Waals surface area contributed by atoms with E-state index in [9.17, 15) is 22.8 Å². The van der Waals surface area contributed by atoms with Gasteiger partial charge in [-0.1, -0.05) is 6.07 Å². The van der Waals surface area contributed by atoms with Gasteiger partial charge in [-0.3, -0.25) is 19.6 Å². The Kier molecular flexibility index (Phi) is 5.78. The molecule has 0 spiro atoms. The number of benzene rings is 1. The summed E-state index contributed by atoms with van der Waals surface area (Å²) in [7, 11) is 0. The second kappa shape index (κ2) is 8.95. The third kappa shape index (κ3) is 4.57. The Morgan fingerprint density at radius 3 is 2.64 bits per heavy atom. The van der Waals surface area contributed by atoms with Crippen molar-refractivity contribution in [1.82, 2.24) is 24.5 Å². The molecule has 0 aliphatic carbocycles. The molecule has 2 N–H and O–H groups in total. The largest absolute Gasteiger partial charge is 0.417 e. The van der Waals surface area contributed by atoms with E-state index in [0.717, 1.165) is 17.8 Å². The van der Waals surface area contributed by atoms with Crippen LogP contribution in [0.25, 0.3) is 5.52 Å². The highest BCUT2D eigenvalue weighted by Crippen LogP contribution is 2.30. The van der Waals surface area contributed by atoms with E-state index in [1.54, 1.807) is 46.2 Å². The zero-order valence-corrected chi connectivity index (χ0v) is 19.0. The maximum atomic E-state index is 12.9. The highest BCUT2D eigenvalue weighted by atomic mass is 19.4. The summed E-state index contributed by atoms with van der Waals surface area (Å²) in [5.41, 5.74) is 1.95. The zero-order chi connectivity index (χ0) is 25.4. The van der Waals surface area contributed by atoms with Crippen molar-refractivity contribution in [1.29, 1.82) is 0 Å². The lowest BCUT2D eigenvalue weighted by Gasteiger charge is -2.40. The SMILES string of the molecule is Cc1ccc(C(=O)Nc2cncc(C(F)(F)F)c2)cc1NC1CN(C(=O)c2cnn3ccncc23)C1. The van der Waals surface area contributed by atoms with Crippen molar-refractivity contribution in [2.45, 2.75) is 19.1 Å². The van der Waals surface area contributed by atoms with Gasteiger partial charge in [-0.15, -0.1) is 0 Å². The van der Waals surface area contributed by atoms with Gasteiger partial charge >= 0.3 is 6.18 Å². The van der Waals surface area contributed by atoms with Crippen molar-refractivity contribution >= 4 is 28.7 Å². The average Bonchev–Trinajstić information content (AvgIpc) is 3.25. The molecule has 2 amide bonds. The molecule has 1 aliphatic heterocycles. The van der Waals surface area contributed by atoms with Gasteiger partial charge in [-0.2, -0.15) is 18.3 Å². The summed E-state index contributed by atoms with van der Waals surface area (Å²) < 4.78 is 40.3. The van der Waals surface area contributed by atoms with Crippen molar-refractivity contribution in [3.63, 3.8) is 0 Å². The number of rotatable bonds is 5. The smallest absolute Gasteiger partial charge is 0.378 e. The van der Waals surface area contributed by atoms with Gasteiger partial charge in [0, 0.05) is 42.9 Å². The molecule has 3 aromatic heterocycles. The van der Waals surface area contributed by atoms with Crippen LogP contribution in [0.1, 0.15) is 31.8 Å². The molecule has 0 radical (unpaired) electrons. The Morgan fingerprint density at radius 1 is 1.06 bits per heavy atom. The Balaban J connectivity index is 1.23. The number of likely N-dealkylation sites (tertiary alicyclic amines) is 1. The standard InChI is InChI=1S/C24H20F3N7O2/c1-14-2-3-15(22(35)32-17-7-16(8-29-9-17)24(25,26)27)6-20(14)31-18-12-33(13-18)23(36)19-10-30-34-5-4-28-11-21(19)34/h2-11,18,31H,12-13H2,1H3,(H,32,35). The monoisotopic (exact) mass is 495 g/mol. The second-order valence-electron chi connectivity index (χ2n) is 8.46. The minimum absolute atomic E-state index is 0.0291. The number of hydrogen-bond acceptors (Lipinski definition) is 6. The van der Waals surface area contributed by atoms with Gasteiger partial charge in [-0.05, 0) is 30.7 Å². The summed E-state index contributed by atoms with van der Waals surface area (Å²) in [6, 6.07) is 5.77. The minimum Gasteiger partial charge on any atom is -0.378 e. The second-order valence-corrected chi connectivity index (χ2v) is 8.46. The van der Waals surface area contributed by atoms with Gasteiger partial charge in [0.15, 0.2) is 0 Å². The van der Waals surface area contributed by atoms with Crippen molar-refractivity contribution in [2.24, 2.45) is 0 Å². The molecule has 36 heavy (non-hydrogen) atoms. The Hall–Kier alpha value is -4.48. The molecule has 1 aliphatic rings. The molecular formula is C24H20F3N7O2. The predicted molar refractivity (Wildman–Crippen MR) is 125 cm³/mol. The number of hydrogen-bond donors (Lipinski definition) is 2. The van der Waals surface area contributed by atoms with E-state index in [0.29, 0.717) is 36.1 Å². The molecule has 5 rings (SSSR count). The van der Waals surface area contributed by atoms with Crippen LogP contribution in [0.15, 0.2) is 61.4 Å². The molecule has 4 aromatic rings. The lowest BCUT2D eigenvalue weighted by Crippen LogP contribution is -2.57. The summed E-state index contributed by atoms with van der Waals surface area (Å²) in [5.74, 6) is -0.707. The van der Waals surface area contributed by atoms with Gasteiger partial charge in [0.1, 0.15) is 0 Å². The van der Waals surface area contributed by atoms with Crippen LogP contribution in [-0.4, -0.2) is 55.4 Å². The Morgan fingerprint density at radius 2 is 1.86 bits per heavy atom. The summed E-state index contributed by atoms with van der Waals surface area (Å²) in [5, 5.41) is 9.96. The quantitative estimate of drug-likeness (QED) is 0.438. The molecule has 0 bridgehead atoms. The van der Waals surface area contributed by atoms with Gasteiger partial charge in [0.2, 0.25) is 0 Å². The van der Waals surface area contributed by atoms with Crippen LogP contribution in [0, 0.1) is 6.92 Å². The van der Waals surface area contributed by atoms with Crippen molar-refractivity contribution in [3.8, 4) is 0 Å². The first kappa shape index (κ1) is 23.3. The summed E-state index contributed by atoms with van der Waals surface area (Å²) in [6.07, 6.45) is 3.66. The zero-order valence-electron chi connectivity index (χ0n) is 19.0. The summed E-state index contributed by atoms with van der Waals surface area (Å²) in [4.78, 5) is 34.8. The van der Waals surface area contributed by atoms with Crippen LogP contribution in [-0.2, 0) is 6.18 Å². The Labute approximate surface area is 203 Å². The first-order valence-corrected chi connectivity index (χ1v) is 11.0. The highest BCUT2D eigenvalue weighted by molar-refractivity contribution is 6.05. The fraction of sp³-hybridized carbons (Fsp3) is 0.208. The molecule has 1 fully saturated rings.